The summed E-state index contributed by atoms with van der Waals surface area (Å²) >= 11 is 0. The third kappa shape index (κ3) is 4.47. The van der Waals surface area contributed by atoms with E-state index in [0.29, 0.717) is 6.04 Å². The Hall–Kier alpha value is -0.830. The molecule has 1 aromatic rings. The fourth-order valence-corrected chi connectivity index (χ4v) is 1.58. The summed E-state index contributed by atoms with van der Waals surface area (Å²) < 4.78 is 1.96. The molecule has 1 N–H and O–H groups in total. The van der Waals surface area contributed by atoms with E-state index in [1.165, 1.54) is 12.1 Å². The maximum absolute atomic E-state index is 4.17. The van der Waals surface area contributed by atoms with E-state index in [1.54, 1.807) is 0 Å². The van der Waals surface area contributed by atoms with Gasteiger partial charge in [-0.15, -0.1) is 0 Å². The van der Waals surface area contributed by atoms with Crippen molar-refractivity contribution in [3.8, 4) is 0 Å². The van der Waals surface area contributed by atoms with Gasteiger partial charge in [0.05, 0.1) is 0 Å². The maximum Gasteiger partial charge on any atom is 0.0492 e. The van der Waals surface area contributed by atoms with E-state index in [-0.39, 0.29) is 0 Å². The van der Waals surface area contributed by atoms with Crippen LogP contribution in [-0.4, -0.2) is 22.4 Å². The second-order valence-corrected chi connectivity index (χ2v) is 4.65. The molecular weight excluding hydrogens is 186 g/mol. The van der Waals surface area contributed by atoms with Gasteiger partial charge < -0.3 is 5.32 Å². The van der Waals surface area contributed by atoms with Crippen LogP contribution in [-0.2, 0) is 13.5 Å². The molecule has 0 amide bonds. The first-order valence-electron chi connectivity index (χ1n) is 5.80. The summed E-state index contributed by atoms with van der Waals surface area (Å²) in [7, 11) is 2.01. The number of hydrogen-bond acceptors (Lipinski definition) is 2. The summed E-state index contributed by atoms with van der Waals surface area (Å²) in [4.78, 5) is 0. The quantitative estimate of drug-likeness (QED) is 0.776. The Kier molecular flexibility index (Phi) is 4.82. The smallest absolute Gasteiger partial charge is 0.0492 e. The fourth-order valence-electron chi connectivity index (χ4n) is 1.58. The third-order valence-electron chi connectivity index (χ3n) is 2.69. The van der Waals surface area contributed by atoms with Crippen molar-refractivity contribution in [1.29, 1.82) is 0 Å². The SMILES string of the molecule is CC(CCc1ccnn1C)CNC(C)C. The molecule has 86 valence electrons. The van der Waals surface area contributed by atoms with Crippen molar-refractivity contribution >= 4 is 0 Å². The van der Waals surface area contributed by atoms with Crippen LogP contribution in [0.5, 0.6) is 0 Å². The summed E-state index contributed by atoms with van der Waals surface area (Å²) in [6, 6.07) is 2.69. The van der Waals surface area contributed by atoms with Crippen molar-refractivity contribution in [2.45, 2.75) is 39.7 Å². The molecule has 0 aromatic carbocycles. The lowest BCUT2D eigenvalue weighted by Crippen LogP contribution is -2.28. The highest BCUT2D eigenvalue weighted by Gasteiger charge is 2.05. The molecule has 0 saturated carbocycles. The Bertz CT molecular complexity index is 278. The van der Waals surface area contributed by atoms with Gasteiger partial charge >= 0.3 is 0 Å². The normalized spacial score (nSPS) is 13.4. The lowest BCUT2D eigenvalue weighted by molar-refractivity contribution is 0.449. The van der Waals surface area contributed by atoms with Crippen LogP contribution < -0.4 is 5.32 Å². The van der Waals surface area contributed by atoms with Gasteiger partial charge in [-0.25, -0.2) is 0 Å². The van der Waals surface area contributed by atoms with Gasteiger partial charge in [-0.1, -0.05) is 20.8 Å². The predicted octanol–water partition coefficient (Wildman–Crippen LogP) is 1.99. The number of rotatable bonds is 6. The Morgan fingerprint density at radius 3 is 2.67 bits per heavy atom. The number of nitrogens with one attached hydrogen (secondary N) is 1. The van der Waals surface area contributed by atoms with E-state index in [1.807, 2.05) is 17.9 Å². The van der Waals surface area contributed by atoms with Gasteiger partial charge in [0.1, 0.15) is 0 Å². The minimum absolute atomic E-state index is 0.587. The van der Waals surface area contributed by atoms with Crippen molar-refractivity contribution < 1.29 is 0 Å². The second kappa shape index (κ2) is 5.91. The average Bonchev–Trinajstić information content (AvgIpc) is 2.58. The van der Waals surface area contributed by atoms with Crippen molar-refractivity contribution in [3.63, 3.8) is 0 Å². The van der Waals surface area contributed by atoms with Gasteiger partial charge in [0.2, 0.25) is 0 Å². The molecule has 1 unspecified atom stereocenters. The molecule has 0 aliphatic carbocycles. The first-order chi connectivity index (χ1) is 7.09. The zero-order valence-corrected chi connectivity index (χ0v) is 10.3. The third-order valence-corrected chi connectivity index (χ3v) is 2.69. The minimum atomic E-state index is 0.587. The van der Waals surface area contributed by atoms with E-state index in [4.69, 9.17) is 0 Å². The van der Waals surface area contributed by atoms with Crippen LogP contribution in [0, 0.1) is 5.92 Å². The van der Waals surface area contributed by atoms with Gasteiger partial charge in [0.15, 0.2) is 0 Å². The predicted molar refractivity (Wildman–Crippen MR) is 63.8 cm³/mol. The fraction of sp³-hybridized carbons (Fsp3) is 0.750. The number of aromatic nitrogens is 2. The molecule has 3 heteroatoms. The molecule has 1 heterocycles. The lowest BCUT2D eigenvalue weighted by Gasteiger charge is -2.14. The van der Waals surface area contributed by atoms with E-state index in [0.717, 1.165) is 18.9 Å². The van der Waals surface area contributed by atoms with Crippen LogP contribution in [0.2, 0.25) is 0 Å². The highest BCUT2D eigenvalue weighted by atomic mass is 15.2. The van der Waals surface area contributed by atoms with Crippen molar-refractivity contribution in [3.05, 3.63) is 18.0 Å². The molecule has 0 spiro atoms. The van der Waals surface area contributed by atoms with Crippen LogP contribution >= 0.6 is 0 Å². The Morgan fingerprint density at radius 1 is 1.40 bits per heavy atom. The first kappa shape index (κ1) is 12.2. The molecule has 0 saturated heterocycles. The lowest BCUT2D eigenvalue weighted by atomic mass is 10.0. The van der Waals surface area contributed by atoms with Crippen molar-refractivity contribution in [1.82, 2.24) is 15.1 Å². The van der Waals surface area contributed by atoms with Crippen molar-refractivity contribution in [2.24, 2.45) is 13.0 Å². The topological polar surface area (TPSA) is 29.9 Å². The van der Waals surface area contributed by atoms with Crippen LogP contribution in [0.4, 0.5) is 0 Å². The highest BCUT2D eigenvalue weighted by Crippen LogP contribution is 2.08. The van der Waals surface area contributed by atoms with E-state index < -0.39 is 0 Å². The molecule has 0 radical (unpaired) electrons. The van der Waals surface area contributed by atoms with Crippen LogP contribution in [0.1, 0.15) is 32.9 Å². The van der Waals surface area contributed by atoms with Gasteiger partial charge in [0, 0.05) is 25.0 Å². The maximum atomic E-state index is 4.17. The zero-order chi connectivity index (χ0) is 11.3. The first-order valence-corrected chi connectivity index (χ1v) is 5.80. The Balaban J connectivity index is 2.22. The Labute approximate surface area is 92.9 Å². The summed E-state index contributed by atoms with van der Waals surface area (Å²) in [5, 5.41) is 7.64. The monoisotopic (exact) mass is 209 g/mol. The number of nitrogens with zero attached hydrogens (tertiary/aromatic N) is 2. The van der Waals surface area contributed by atoms with E-state index >= 15 is 0 Å². The molecule has 1 rings (SSSR count). The molecule has 0 bridgehead atoms. The standard InChI is InChI=1S/C12H23N3/c1-10(2)13-9-11(3)5-6-12-7-8-14-15(12)4/h7-8,10-11,13H,5-6,9H2,1-4H3. The number of aryl methyl sites for hydroxylation is 2. The summed E-state index contributed by atoms with van der Waals surface area (Å²) in [5.41, 5.74) is 1.33. The Morgan fingerprint density at radius 2 is 2.13 bits per heavy atom. The van der Waals surface area contributed by atoms with Gasteiger partial charge in [-0.05, 0) is 31.4 Å². The van der Waals surface area contributed by atoms with Crippen LogP contribution in [0.15, 0.2) is 12.3 Å². The highest BCUT2D eigenvalue weighted by molar-refractivity contribution is 4.99. The zero-order valence-electron chi connectivity index (χ0n) is 10.3. The van der Waals surface area contributed by atoms with Gasteiger partial charge in [0.25, 0.3) is 0 Å². The molecule has 1 aromatic heterocycles. The van der Waals surface area contributed by atoms with E-state index in [2.05, 4.69) is 37.3 Å². The average molecular weight is 209 g/mol. The van der Waals surface area contributed by atoms with Crippen LogP contribution in [0.3, 0.4) is 0 Å². The molecule has 15 heavy (non-hydrogen) atoms. The minimum Gasteiger partial charge on any atom is -0.314 e. The van der Waals surface area contributed by atoms with Crippen molar-refractivity contribution in [2.75, 3.05) is 6.54 Å². The van der Waals surface area contributed by atoms with Gasteiger partial charge in [-0.2, -0.15) is 5.10 Å². The van der Waals surface area contributed by atoms with E-state index in [9.17, 15) is 0 Å². The summed E-state index contributed by atoms with van der Waals surface area (Å²) in [5.74, 6) is 0.724. The molecular formula is C12H23N3. The molecule has 0 aliphatic rings. The largest absolute Gasteiger partial charge is 0.314 e. The summed E-state index contributed by atoms with van der Waals surface area (Å²) in [6.07, 6.45) is 4.21. The molecule has 0 fully saturated rings. The second-order valence-electron chi connectivity index (χ2n) is 4.65. The van der Waals surface area contributed by atoms with Gasteiger partial charge in [-0.3, -0.25) is 4.68 Å². The number of hydrogen-bond donors (Lipinski definition) is 1. The summed E-state index contributed by atoms with van der Waals surface area (Å²) in [6.45, 7) is 7.78. The molecule has 3 nitrogen and oxygen atoms in total. The molecule has 0 aliphatic heterocycles. The molecule has 1 atom stereocenters. The van der Waals surface area contributed by atoms with Crippen LogP contribution in [0.25, 0.3) is 0 Å².